The highest BCUT2D eigenvalue weighted by Crippen LogP contribution is 2.28. The van der Waals surface area contributed by atoms with Gasteiger partial charge in [0.25, 0.3) is 0 Å². The van der Waals surface area contributed by atoms with Crippen molar-refractivity contribution in [2.75, 3.05) is 19.6 Å². The summed E-state index contributed by atoms with van der Waals surface area (Å²) < 4.78 is 0. The van der Waals surface area contributed by atoms with Crippen LogP contribution in [0.2, 0.25) is 0 Å². The van der Waals surface area contributed by atoms with E-state index in [1.807, 2.05) is 0 Å². The molecule has 1 aliphatic carbocycles. The Balaban J connectivity index is 1.48. The van der Waals surface area contributed by atoms with Gasteiger partial charge in [0, 0.05) is 31.5 Å². The van der Waals surface area contributed by atoms with Crippen molar-refractivity contribution in [1.82, 2.24) is 16.0 Å². The van der Waals surface area contributed by atoms with E-state index in [9.17, 15) is 9.59 Å². The van der Waals surface area contributed by atoms with Gasteiger partial charge in [-0.3, -0.25) is 9.59 Å². The lowest BCUT2D eigenvalue weighted by atomic mass is 10.1. The van der Waals surface area contributed by atoms with Gasteiger partial charge in [-0.1, -0.05) is 0 Å². The van der Waals surface area contributed by atoms with E-state index >= 15 is 0 Å². The van der Waals surface area contributed by atoms with Crippen molar-refractivity contribution in [3.05, 3.63) is 0 Å². The maximum atomic E-state index is 11.5. The fourth-order valence-electron chi connectivity index (χ4n) is 2.10. The zero-order valence-electron chi connectivity index (χ0n) is 10.1. The van der Waals surface area contributed by atoms with Gasteiger partial charge in [0.15, 0.2) is 0 Å². The van der Waals surface area contributed by atoms with Crippen molar-refractivity contribution in [1.29, 1.82) is 0 Å². The van der Waals surface area contributed by atoms with Crippen LogP contribution in [0.15, 0.2) is 0 Å². The zero-order chi connectivity index (χ0) is 12.1. The topological polar surface area (TPSA) is 70.2 Å². The lowest BCUT2D eigenvalue weighted by Crippen LogP contribution is -2.37. The number of carbonyl (C=O) groups is 2. The summed E-state index contributed by atoms with van der Waals surface area (Å²) in [7, 11) is 0. The molecule has 1 heterocycles. The van der Waals surface area contributed by atoms with Crippen LogP contribution in [0.5, 0.6) is 0 Å². The van der Waals surface area contributed by atoms with Gasteiger partial charge in [-0.2, -0.15) is 0 Å². The molecule has 1 atom stereocenters. The molecule has 17 heavy (non-hydrogen) atoms. The van der Waals surface area contributed by atoms with Crippen LogP contribution in [-0.2, 0) is 9.59 Å². The predicted molar refractivity (Wildman–Crippen MR) is 64.4 cm³/mol. The summed E-state index contributed by atoms with van der Waals surface area (Å²) in [5.74, 6) is 0.454. The number of hydrogen-bond acceptors (Lipinski definition) is 3. The first-order chi connectivity index (χ1) is 8.25. The smallest absolute Gasteiger partial charge is 0.223 e. The average Bonchev–Trinajstić information content (AvgIpc) is 3.04. The van der Waals surface area contributed by atoms with Gasteiger partial charge in [0.1, 0.15) is 0 Å². The van der Waals surface area contributed by atoms with Gasteiger partial charge in [-0.25, -0.2) is 0 Å². The SMILES string of the molecule is O=C(CC1CCCN1)NCCNC(=O)C1CC1. The minimum atomic E-state index is 0.0741. The highest BCUT2D eigenvalue weighted by molar-refractivity contribution is 5.81. The molecule has 0 bridgehead atoms. The number of hydrogen-bond donors (Lipinski definition) is 3. The number of amides is 2. The minimum absolute atomic E-state index is 0.0741. The summed E-state index contributed by atoms with van der Waals surface area (Å²) >= 11 is 0. The summed E-state index contributed by atoms with van der Waals surface area (Å²) in [6, 6.07) is 0.344. The van der Waals surface area contributed by atoms with E-state index in [-0.39, 0.29) is 17.7 Å². The molecule has 0 aromatic rings. The molecule has 1 saturated carbocycles. The van der Waals surface area contributed by atoms with E-state index in [0.717, 1.165) is 32.2 Å². The van der Waals surface area contributed by atoms with Gasteiger partial charge in [-0.15, -0.1) is 0 Å². The Kier molecular flexibility index (Phi) is 4.36. The second-order valence-electron chi connectivity index (χ2n) is 4.91. The first-order valence-corrected chi connectivity index (χ1v) is 6.53. The molecule has 5 heteroatoms. The Bertz CT molecular complexity index is 283. The molecule has 96 valence electrons. The van der Waals surface area contributed by atoms with Crippen LogP contribution in [0.4, 0.5) is 0 Å². The normalized spacial score (nSPS) is 23.4. The van der Waals surface area contributed by atoms with Gasteiger partial charge >= 0.3 is 0 Å². The maximum Gasteiger partial charge on any atom is 0.223 e. The summed E-state index contributed by atoms with van der Waals surface area (Å²) in [6.45, 7) is 2.10. The van der Waals surface area contributed by atoms with Gasteiger partial charge < -0.3 is 16.0 Å². The molecule has 1 saturated heterocycles. The molecule has 1 unspecified atom stereocenters. The Morgan fingerprint density at radius 1 is 1.12 bits per heavy atom. The van der Waals surface area contributed by atoms with Gasteiger partial charge in [0.05, 0.1) is 0 Å². The molecule has 1 aliphatic heterocycles. The van der Waals surface area contributed by atoms with Gasteiger partial charge in [-0.05, 0) is 32.2 Å². The quantitative estimate of drug-likeness (QED) is 0.561. The molecule has 3 N–H and O–H groups in total. The molecule has 2 amide bonds. The maximum absolute atomic E-state index is 11.5. The van der Waals surface area contributed by atoms with Crippen LogP contribution >= 0.6 is 0 Å². The van der Waals surface area contributed by atoms with E-state index in [4.69, 9.17) is 0 Å². The minimum Gasteiger partial charge on any atom is -0.354 e. The molecule has 0 spiro atoms. The third-order valence-electron chi connectivity index (χ3n) is 3.29. The average molecular weight is 239 g/mol. The Morgan fingerprint density at radius 2 is 1.88 bits per heavy atom. The van der Waals surface area contributed by atoms with Crippen LogP contribution in [0.25, 0.3) is 0 Å². The summed E-state index contributed by atoms with van der Waals surface area (Å²) in [5.41, 5.74) is 0. The third kappa shape index (κ3) is 4.34. The molecule has 2 aliphatic rings. The van der Waals surface area contributed by atoms with Crippen molar-refractivity contribution < 1.29 is 9.59 Å². The van der Waals surface area contributed by atoms with E-state index in [0.29, 0.717) is 25.6 Å². The first-order valence-electron chi connectivity index (χ1n) is 6.53. The molecular weight excluding hydrogens is 218 g/mol. The van der Waals surface area contributed by atoms with E-state index < -0.39 is 0 Å². The van der Waals surface area contributed by atoms with Gasteiger partial charge in [0.2, 0.25) is 11.8 Å². The number of rotatable bonds is 6. The molecule has 2 rings (SSSR count). The van der Waals surface area contributed by atoms with E-state index in [1.54, 1.807) is 0 Å². The van der Waals surface area contributed by atoms with Crippen LogP contribution < -0.4 is 16.0 Å². The zero-order valence-corrected chi connectivity index (χ0v) is 10.1. The molecule has 0 aromatic carbocycles. The monoisotopic (exact) mass is 239 g/mol. The molecule has 0 aromatic heterocycles. The molecule has 5 nitrogen and oxygen atoms in total. The van der Waals surface area contributed by atoms with Crippen LogP contribution in [-0.4, -0.2) is 37.5 Å². The third-order valence-corrected chi connectivity index (χ3v) is 3.29. The molecule has 0 radical (unpaired) electrons. The fraction of sp³-hybridized carbons (Fsp3) is 0.833. The lowest BCUT2D eigenvalue weighted by Gasteiger charge is -2.10. The Labute approximate surface area is 102 Å². The van der Waals surface area contributed by atoms with Crippen LogP contribution in [0, 0.1) is 5.92 Å². The Morgan fingerprint density at radius 3 is 2.53 bits per heavy atom. The second-order valence-corrected chi connectivity index (χ2v) is 4.91. The van der Waals surface area contributed by atoms with Crippen LogP contribution in [0.3, 0.4) is 0 Å². The first kappa shape index (κ1) is 12.4. The standard InChI is InChI=1S/C12H21N3O2/c16-11(8-10-2-1-5-13-10)14-6-7-15-12(17)9-3-4-9/h9-10,13H,1-8H2,(H,14,16)(H,15,17). The second kappa shape index (κ2) is 6.00. The van der Waals surface area contributed by atoms with Crippen molar-refractivity contribution in [2.24, 2.45) is 5.92 Å². The molecular formula is C12H21N3O2. The number of carbonyl (C=O) groups excluding carboxylic acids is 2. The predicted octanol–water partition coefficient (Wildman–Crippen LogP) is -0.229. The summed E-state index contributed by atoms with van der Waals surface area (Å²) in [4.78, 5) is 22.8. The largest absolute Gasteiger partial charge is 0.354 e. The van der Waals surface area contributed by atoms with Crippen molar-refractivity contribution >= 4 is 11.8 Å². The van der Waals surface area contributed by atoms with Crippen molar-refractivity contribution in [2.45, 2.75) is 38.1 Å². The highest BCUT2D eigenvalue weighted by Gasteiger charge is 2.29. The summed E-state index contributed by atoms with van der Waals surface area (Å²) in [6.07, 6.45) is 4.84. The lowest BCUT2D eigenvalue weighted by molar-refractivity contribution is -0.123. The molecule has 2 fully saturated rings. The van der Waals surface area contributed by atoms with Crippen LogP contribution in [0.1, 0.15) is 32.1 Å². The van der Waals surface area contributed by atoms with E-state index in [1.165, 1.54) is 0 Å². The van der Waals surface area contributed by atoms with Crippen molar-refractivity contribution in [3.63, 3.8) is 0 Å². The van der Waals surface area contributed by atoms with E-state index in [2.05, 4.69) is 16.0 Å². The summed E-state index contributed by atoms with van der Waals surface area (Å²) in [5, 5.41) is 8.94. The number of nitrogens with one attached hydrogen (secondary N) is 3. The fourth-order valence-corrected chi connectivity index (χ4v) is 2.10. The highest BCUT2D eigenvalue weighted by atomic mass is 16.2. The Hall–Kier alpha value is -1.10. The van der Waals surface area contributed by atoms with Crippen molar-refractivity contribution in [3.8, 4) is 0 Å².